The van der Waals surface area contributed by atoms with Crippen molar-refractivity contribution in [2.24, 2.45) is 16.1 Å². The van der Waals surface area contributed by atoms with Gasteiger partial charge in [0.05, 0.1) is 42.5 Å². The summed E-state index contributed by atoms with van der Waals surface area (Å²) in [4.78, 5) is 65.3. The number of imide groups is 1. The van der Waals surface area contributed by atoms with Crippen molar-refractivity contribution >= 4 is 40.2 Å². The third-order valence-electron chi connectivity index (χ3n) is 8.21. The van der Waals surface area contributed by atoms with Crippen molar-refractivity contribution in [1.82, 2.24) is 9.47 Å². The highest BCUT2D eigenvalue weighted by Crippen LogP contribution is 2.38. The first-order valence-electron chi connectivity index (χ1n) is 14.4. The van der Waals surface area contributed by atoms with Crippen molar-refractivity contribution in [2.45, 2.75) is 44.4 Å². The van der Waals surface area contributed by atoms with Crippen LogP contribution in [0.25, 0.3) is 10.8 Å². The summed E-state index contributed by atoms with van der Waals surface area (Å²) in [6.45, 7) is 1.44. The van der Waals surface area contributed by atoms with Crippen molar-refractivity contribution in [3.63, 3.8) is 0 Å². The highest BCUT2D eigenvalue weighted by molar-refractivity contribution is 6.22. The number of hydrogen-bond donors (Lipinski definition) is 2. The fraction of sp³-hybridized carbons (Fsp3) is 0.355. The minimum Gasteiger partial charge on any atom is -0.494 e. The minimum absolute atomic E-state index is 0.0286. The van der Waals surface area contributed by atoms with Crippen molar-refractivity contribution in [3.05, 3.63) is 58.7 Å². The monoisotopic (exact) mass is 613 g/mol. The van der Waals surface area contributed by atoms with Crippen LogP contribution in [0, 0.1) is 17.2 Å². The fourth-order valence-electron chi connectivity index (χ4n) is 5.82. The number of nitriles is 1. The van der Waals surface area contributed by atoms with Gasteiger partial charge in [-0.15, -0.1) is 10.2 Å². The molecule has 3 aliphatic rings. The van der Waals surface area contributed by atoms with Crippen molar-refractivity contribution in [2.75, 3.05) is 19.8 Å². The summed E-state index contributed by atoms with van der Waals surface area (Å²) in [6.07, 6.45) is 2.75. The van der Waals surface area contributed by atoms with Gasteiger partial charge in [0, 0.05) is 35.1 Å². The zero-order valence-corrected chi connectivity index (χ0v) is 23.8. The topological polar surface area (TPSA) is 201 Å². The largest absolute Gasteiger partial charge is 0.494 e. The molecule has 0 bridgehead atoms. The van der Waals surface area contributed by atoms with E-state index >= 15 is 0 Å². The number of ketones is 1. The van der Waals surface area contributed by atoms with Crippen molar-refractivity contribution < 1.29 is 43.7 Å². The molecule has 45 heavy (non-hydrogen) atoms. The Morgan fingerprint density at radius 2 is 1.51 bits per heavy atom. The van der Waals surface area contributed by atoms with Gasteiger partial charge in [-0.25, -0.2) is 0 Å². The zero-order valence-electron chi connectivity index (χ0n) is 23.8. The number of carbonyl (C=O) groups excluding carboxylic acids is 5. The molecule has 3 aromatic rings. The Morgan fingerprint density at radius 1 is 0.867 bits per heavy atom. The molecule has 2 saturated heterocycles. The molecule has 14 heteroatoms. The Morgan fingerprint density at radius 3 is 2.18 bits per heavy atom. The van der Waals surface area contributed by atoms with E-state index in [9.17, 15) is 39.4 Å². The number of azo groups is 1. The summed E-state index contributed by atoms with van der Waals surface area (Å²) in [6, 6.07) is 9.26. The minimum atomic E-state index is -1.97. The number of benzene rings is 2. The van der Waals surface area contributed by atoms with Gasteiger partial charge in [-0.1, -0.05) is 6.07 Å². The van der Waals surface area contributed by atoms with Crippen LogP contribution in [0.4, 0.5) is 0 Å². The first-order valence-corrected chi connectivity index (χ1v) is 14.4. The predicted molar refractivity (Wildman–Crippen MR) is 153 cm³/mol. The smallest absolute Gasteiger partial charge is 0.295 e. The van der Waals surface area contributed by atoms with E-state index in [2.05, 4.69) is 10.2 Å². The lowest BCUT2D eigenvalue weighted by Gasteiger charge is -2.17. The second kappa shape index (κ2) is 12.0. The lowest BCUT2D eigenvalue weighted by Crippen LogP contribution is -2.36. The molecule has 230 valence electrons. The molecule has 2 N–H and O–H groups in total. The number of aromatic nitrogens is 1. The van der Waals surface area contributed by atoms with Gasteiger partial charge in [0.2, 0.25) is 11.8 Å². The molecule has 3 atom stereocenters. The van der Waals surface area contributed by atoms with Gasteiger partial charge in [-0.3, -0.25) is 33.4 Å². The van der Waals surface area contributed by atoms with Crippen LogP contribution in [-0.2, 0) is 20.8 Å². The average Bonchev–Trinajstić information content (AvgIpc) is 3.85. The predicted octanol–water partition coefficient (Wildman–Crippen LogP) is 3.15. The van der Waals surface area contributed by atoms with E-state index in [1.807, 2.05) is 0 Å². The maximum absolute atomic E-state index is 13.1. The van der Waals surface area contributed by atoms with Crippen LogP contribution in [0.5, 0.6) is 11.8 Å². The molecular weight excluding hydrogens is 586 g/mol. The molecule has 0 unspecified atom stereocenters. The van der Waals surface area contributed by atoms with E-state index in [-0.39, 0.29) is 70.1 Å². The van der Waals surface area contributed by atoms with Gasteiger partial charge in [0.15, 0.2) is 11.7 Å². The standard InChI is InChI=1S/C31H27N5O9/c32-13-24(25(37)16-5-7-20-22(11-16)30(42)35(28(20)40)14-18-3-1-9-44-18)27(39)34-33-26(38)17-6-8-21-23(12-17)31(43)36(29(21)41)15-19-4-2-10-45-19/h5-8,11-12,18-19,24,41,43H,1-4,9-10,14-15H2/t18-,19+,24+/m1/s1. The highest BCUT2D eigenvalue weighted by atomic mass is 16.5. The molecule has 6 rings (SSSR count). The third-order valence-corrected chi connectivity index (χ3v) is 8.21. The summed E-state index contributed by atoms with van der Waals surface area (Å²) in [7, 11) is 0. The maximum atomic E-state index is 13.1. The van der Waals surface area contributed by atoms with Crippen LogP contribution in [-0.4, -0.2) is 81.1 Å². The Hall–Kier alpha value is -5.26. The van der Waals surface area contributed by atoms with Gasteiger partial charge >= 0.3 is 0 Å². The van der Waals surface area contributed by atoms with Gasteiger partial charge < -0.3 is 19.7 Å². The van der Waals surface area contributed by atoms with E-state index in [4.69, 9.17) is 9.47 Å². The number of ether oxygens (including phenoxy) is 2. The van der Waals surface area contributed by atoms with E-state index in [1.54, 1.807) is 6.07 Å². The average molecular weight is 614 g/mol. The second-order valence-electron chi connectivity index (χ2n) is 11.0. The number of hydrogen-bond acceptors (Lipinski definition) is 10. The number of aromatic hydroxyl groups is 2. The van der Waals surface area contributed by atoms with E-state index in [1.165, 1.54) is 34.9 Å². The van der Waals surface area contributed by atoms with Gasteiger partial charge in [-0.2, -0.15) is 5.26 Å². The quantitative estimate of drug-likeness (QED) is 0.164. The second-order valence-corrected chi connectivity index (χ2v) is 11.0. The number of nitrogens with zero attached hydrogens (tertiary/aromatic N) is 5. The number of rotatable bonds is 8. The van der Waals surface area contributed by atoms with Crippen LogP contribution < -0.4 is 0 Å². The highest BCUT2D eigenvalue weighted by Gasteiger charge is 2.39. The van der Waals surface area contributed by atoms with Gasteiger partial charge in [0.1, 0.15) is 0 Å². The molecule has 0 spiro atoms. The SMILES string of the molecule is N#C[C@H](C(=O)N=NC(=O)c1ccc2c(O)n(C[C@@H]3CCCO3)c(O)c2c1)C(=O)c1ccc2c(c1)C(=O)N(C[C@H]1CCCO1)C2=O. The summed E-state index contributed by atoms with van der Waals surface area (Å²) >= 11 is 0. The molecule has 2 fully saturated rings. The summed E-state index contributed by atoms with van der Waals surface area (Å²) in [5.74, 6) is -6.85. The van der Waals surface area contributed by atoms with E-state index in [0.717, 1.165) is 30.2 Å². The first-order chi connectivity index (χ1) is 21.7. The lowest BCUT2D eigenvalue weighted by molar-refractivity contribution is -0.119. The number of carbonyl (C=O) groups is 5. The van der Waals surface area contributed by atoms with E-state index in [0.29, 0.717) is 19.6 Å². The number of Topliss-reactive ketones (excluding diaryl/α,β-unsaturated/α-hetero) is 1. The molecule has 0 aliphatic carbocycles. The van der Waals surface area contributed by atoms with Crippen molar-refractivity contribution in [3.8, 4) is 17.8 Å². The lowest BCUT2D eigenvalue weighted by atomic mass is 9.95. The molecule has 2 aromatic carbocycles. The Labute approximate surface area is 255 Å². The molecule has 4 amide bonds. The molecular formula is C31H27N5O9. The molecule has 3 aliphatic heterocycles. The molecule has 0 radical (unpaired) electrons. The van der Waals surface area contributed by atoms with Crippen molar-refractivity contribution in [1.29, 1.82) is 5.26 Å². The fourth-order valence-corrected chi connectivity index (χ4v) is 5.82. The van der Waals surface area contributed by atoms with Crippen LogP contribution in [0.1, 0.15) is 67.1 Å². The van der Waals surface area contributed by atoms with Crippen LogP contribution in [0.3, 0.4) is 0 Å². The molecule has 0 saturated carbocycles. The van der Waals surface area contributed by atoms with Gasteiger partial charge in [0.25, 0.3) is 23.6 Å². The summed E-state index contributed by atoms with van der Waals surface area (Å²) in [5.41, 5.74) is -0.168. The summed E-state index contributed by atoms with van der Waals surface area (Å²) < 4.78 is 12.4. The Kier molecular flexibility index (Phi) is 7.96. The van der Waals surface area contributed by atoms with Gasteiger partial charge in [-0.05, 0) is 56.0 Å². The molecule has 1 aromatic heterocycles. The normalized spacial score (nSPS) is 20.2. The maximum Gasteiger partial charge on any atom is 0.295 e. The number of fused-ring (bicyclic) bond motifs is 2. The van der Waals surface area contributed by atoms with Crippen LogP contribution in [0.2, 0.25) is 0 Å². The summed E-state index contributed by atoms with van der Waals surface area (Å²) in [5, 5.41) is 38.0. The van der Waals surface area contributed by atoms with E-state index < -0.39 is 35.3 Å². The Balaban J connectivity index is 1.16. The number of amides is 4. The third kappa shape index (κ3) is 5.47. The first kappa shape index (κ1) is 29.8. The molecule has 14 nitrogen and oxygen atoms in total. The Bertz CT molecular complexity index is 1830. The molecule has 4 heterocycles. The van der Waals surface area contributed by atoms with Crippen LogP contribution >= 0.6 is 0 Å². The van der Waals surface area contributed by atoms with Crippen LogP contribution in [0.15, 0.2) is 46.6 Å². The zero-order chi connectivity index (χ0) is 31.8.